The van der Waals surface area contributed by atoms with Crippen LogP contribution in [0.2, 0.25) is 0 Å². The van der Waals surface area contributed by atoms with Gasteiger partial charge in [-0.3, -0.25) is 4.79 Å². The van der Waals surface area contributed by atoms with Gasteiger partial charge in [-0.2, -0.15) is 0 Å². The lowest BCUT2D eigenvalue weighted by molar-refractivity contribution is -0.115. The van der Waals surface area contributed by atoms with Crippen molar-refractivity contribution in [3.05, 3.63) is 30.3 Å². The minimum absolute atomic E-state index is 0.0336. The van der Waals surface area contributed by atoms with E-state index in [1.165, 1.54) is 11.8 Å². The average molecular weight is 253 g/mol. The quantitative estimate of drug-likeness (QED) is 0.847. The van der Waals surface area contributed by atoms with E-state index in [0.29, 0.717) is 0 Å². The number of aliphatic hydroxyl groups is 1. The number of thioether (sulfide) groups is 1. The van der Waals surface area contributed by atoms with Crippen LogP contribution in [0.15, 0.2) is 30.3 Å². The Morgan fingerprint density at radius 2 is 1.82 bits per heavy atom. The van der Waals surface area contributed by atoms with Gasteiger partial charge in [0.2, 0.25) is 5.91 Å². The van der Waals surface area contributed by atoms with Gasteiger partial charge in [-0.05, 0) is 26.0 Å². The predicted molar refractivity (Wildman–Crippen MR) is 73.3 cm³/mol. The molecule has 0 saturated heterocycles. The van der Waals surface area contributed by atoms with Crippen molar-refractivity contribution in [3.8, 4) is 0 Å². The third-order valence-corrected chi connectivity index (χ3v) is 3.95. The number of carbonyl (C=O) groups is 1. The van der Waals surface area contributed by atoms with Crippen molar-refractivity contribution < 1.29 is 9.90 Å². The fraction of sp³-hybridized carbons (Fsp3) is 0.462. The molecule has 0 fully saturated rings. The second-order valence-corrected chi connectivity index (χ2v) is 5.80. The molecule has 1 amide bonds. The standard InChI is InChI=1S/C13H19NO2S/c1-9(15)10(2)17-11(3)13(16)14-12-7-5-4-6-8-12/h4-11,15H,1-3H3,(H,14,16). The van der Waals surface area contributed by atoms with Crippen molar-refractivity contribution in [2.24, 2.45) is 0 Å². The monoisotopic (exact) mass is 253 g/mol. The van der Waals surface area contributed by atoms with Crippen LogP contribution < -0.4 is 5.32 Å². The van der Waals surface area contributed by atoms with Crippen LogP contribution in [0.4, 0.5) is 5.69 Å². The second kappa shape index (κ2) is 6.67. The van der Waals surface area contributed by atoms with Crippen LogP contribution >= 0.6 is 11.8 Å². The highest BCUT2D eigenvalue weighted by molar-refractivity contribution is 8.01. The number of amides is 1. The SMILES string of the molecule is CC(SC(C)C(C)O)C(=O)Nc1ccccc1. The van der Waals surface area contributed by atoms with Crippen molar-refractivity contribution >= 4 is 23.4 Å². The smallest absolute Gasteiger partial charge is 0.237 e. The van der Waals surface area contributed by atoms with Crippen LogP contribution in [0.25, 0.3) is 0 Å². The minimum Gasteiger partial charge on any atom is -0.392 e. The highest BCUT2D eigenvalue weighted by Crippen LogP contribution is 2.21. The maximum absolute atomic E-state index is 11.9. The molecule has 1 aromatic rings. The van der Waals surface area contributed by atoms with Crippen LogP contribution in [-0.4, -0.2) is 27.6 Å². The molecule has 0 aromatic heterocycles. The molecule has 0 aliphatic carbocycles. The van der Waals surface area contributed by atoms with E-state index in [1.54, 1.807) is 6.92 Å². The summed E-state index contributed by atoms with van der Waals surface area (Å²) in [5.74, 6) is -0.0336. The summed E-state index contributed by atoms with van der Waals surface area (Å²) in [4.78, 5) is 11.9. The van der Waals surface area contributed by atoms with Crippen molar-refractivity contribution in [1.82, 2.24) is 0 Å². The molecule has 0 spiro atoms. The zero-order valence-corrected chi connectivity index (χ0v) is 11.2. The Morgan fingerprint density at radius 3 is 2.35 bits per heavy atom. The van der Waals surface area contributed by atoms with Gasteiger partial charge in [-0.15, -0.1) is 11.8 Å². The second-order valence-electron chi connectivity index (χ2n) is 4.08. The Hall–Kier alpha value is -1.00. The van der Waals surface area contributed by atoms with Crippen LogP contribution in [0.5, 0.6) is 0 Å². The Morgan fingerprint density at radius 1 is 1.24 bits per heavy atom. The molecule has 3 nitrogen and oxygen atoms in total. The van der Waals surface area contributed by atoms with Crippen LogP contribution in [-0.2, 0) is 4.79 Å². The highest BCUT2D eigenvalue weighted by Gasteiger charge is 2.19. The molecule has 94 valence electrons. The first-order valence-electron chi connectivity index (χ1n) is 5.70. The van der Waals surface area contributed by atoms with E-state index in [9.17, 15) is 9.90 Å². The molecule has 1 aromatic carbocycles. The van der Waals surface area contributed by atoms with Crippen molar-refractivity contribution in [1.29, 1.82) is 0 Å². The van der Waals surface area contributed by atoms with Gasteiger partial charge >= 0.3 is 0 Å². The summed E-state index contributed by atoms with van der Waals surface area (Å²) >= 11 is 1.47. The van der Waals surface area contributed by atoms with E-state index in [-0.39, 0.29) is 16.4 Å². The molecule has 0 bridgehead atoms. The molecule has 4 heteroatoms. The molecule has 17 heavy (non-hydrogen) atoms. The van der Waals surface area contributed by atoms with Gasteiger partial charge in [-0.25, -0.2) is 0 Å². The normalized spacial score (nSPS) is 16.0. The van der Waals surface area contributed by atoms with Gasteiger partial charge in [-0.1, -0.05) is 25.1 Å². The molecule has 2 N–H and O–H groups in total. The Labute approximate surface area is 107 Å². The van der Waals surface area contributed by atoms with Gasteiger partial charge in [0.15, 0.2) is 0 Å². The summed E-state index contributed by atoms with van der Waals surface area (Å²) in [6.45, 7) is 5.50. The van der Waals surface area contributed by atoms with Gasteiger partial charge in [0.05, 0.1) is 11.4 Å². The summed E-state index contributed by atoms with van der Waals surface area (Å²) in [7, 11) is 0. The lowest BCUT2D eigenvalue weighted by Crippen LogP contribution is -2.27. The van der Waals surface area contributed by atoms with Gasteiger partial charge in [0.1, 0.15) is 0 Å². The Kier molecular flexibility index (Phi) is 5.51. The third-order valence-electron chi connectivity index (χ3n) is 2.51. The molecule has 0 aliphatic rings. The molecule has 0 saturated carbocycles. The maximum atomic E-state index is 11.9. The van der Waals surface area contributed by atoms with Gasteiger partial charge in [0.25, 0.3) is 0 Å². The first-order valence-corrected chi connectivity index (χ1v) is 6.64. The lowest BCUT2D eigenvalue weighted by atomic mass is 10.3. The number of carbonyl (C=O) groups excluding carboxylic acids is 1. The number of rotatable bonds is 5. The van der Waals surface area contributed by atoms with Crippen LogP contribution in [0.1, 0.15) is 20.8 Å². The summed E-state index contributed by atoms with van der Waals surface area (Å²) in [6.07, 6.45) is -0.410. The summed E-state index contributed by atoms with van der Waals surface area (Å²) in [5.41, 5.74) is 0.801. The fourth-order valence-corrected chi connectivity index (χ4v) is 2.32. The van der Waals surface area contributed by atoms with Gasteiger partial charge < -0.3 is 10.4 Å². The summed E-state index contributed by atoms with van der Waals surface area (Å²) < 4.78 is 0. The molecular weight excluding hydrogens is 234 g/mol. The molecular formula is C13H19NO2S. The zero-order valence-electron chi connectivity index (χ0n) is 10.4. The predicted octanol–water partition coefficient (Wildman–Crippen LogP) is 2.52. The number of hydrogen-bond acceptors (Lipinski definition) is 3. The zero-order chi connectivity index (χ0) is 12.8. The minimum atomic E-state index is -0.410. The number of aliphatic hydroxyl groups excluding tert-OH is 1. The van der Waals surface area contributed by atoms with E-state index >= 15 is 0 Å². The van der Waals surface area contributed by atoms with E-state index in [0.717, 1.165) is 5.69 Å². The number of para-hydroxylation sites is 1. The van der Waals surface area contributed by atoms with E-state index in [1.807, 2.05) is 44.2 Å². The average Bonchev–Trinajstić information content (AvgIpc) is 2.29. The van der Waals surface area contributed by atoms with Crippen LogP contribution in [0, 0.1) is 0 Å². The largest absolute Gasteiger partial charge is 0.392 e. The number of nitrogens with one attached hydrogen (secondary N) is 1. The first kappa shape index (κ1) is 14.1. The van der Waals surface area contributed by atoms with Crippen molar-refractivity contribution in [3.63, 3.8) is 0 Å². The fourth-order valence-electron chi connectivity index (χ4n) is 1.26. The Balaban J connectivity index is 2.48. The lowest BCUT2D eigenvalue weighted by Gasteiger charge is -2.18. The maximum Gasteiger partial charge on any atom is 0.237 e. The van der Waals surface area contributed by atoms with Crippen molar-refractivity contribution in [2.75, 3.05) is 5.32 Å². The highest BCUT2D eigenvalue weighted by atomic mass is 32.2. The first-order chi connectivity index (χ1) is 8.00. The van der Waals surface area contributed by atoms with E-state index < -0.39 is 6.10 Å². The molecule has 3 unspecified atom stereocenters. The molecule has 0 aliphatic heterocycles. The summed E-state index contributed by atoms with van der Waals surface area (Å²) in [5, 5.41) is 12.1. The molecule has 0 radical (unpaired) electrons. The van der Waals surface area contributed by atoms with E-state index in [2.05, 4.69) is 5.32 Å². The Bertz CT molecular complexity index is 354. The van der Waals surface area contributed by atoms with Crippen molar-refractivity contribution in [2.45, 2.75) is 37.4 Å². The number of benzene rings is 1. The topological polar surface area (TPSA) is 49.3 Å². The molecule has 3 atom stereocenters. The molecule has 1 rings (SSSR count). The summed E-state index contributed by atoms with van der Waals surface area (Å²) in [6, 6.07) is 9.38. The van der Waals surface area contributed by atoms with Gasteiger partial charge in [0, 0.05) is 10.9 Å². The molecule has 0 heterocycles. The van der Waals surface area contributed by atoms with E-state index in [4.69, 9.17) is 0 Å². The number of hydrogen-bond donors (Lipinski definition) is 2. The van der Waals surface area contributed by atoms with Crippen LogP contribution in [0.3, 0.4) is 0 Å². The number of anilines is 1. The third kappa shape index (κ3) is 4.79.